The van der Waals surface area contributed by atoms with E-state index in [0.717, 1.165) is 29.2 Å². The zero-order valence-electron chi connectivity index (χ0n) is 17.8. The quantitative estimate of drug-likeness (QED) is 0.275. The van der Waals surface area contributed by atoms with E-state index in [1.165, 1.54) is 23.1 Å². The average Bonchev–Trinajstić information content (AvgIpc) is 3.25. The minimum absolute atomic E-state index is 0.00287. The van der Waals surface area contributed by atoms with Crippen molar-refractivity contribution >= 4 is 45.6 Å². The Morgan fingerprint density at radius 2 is 1.88 bits per heavy atom. The highest BCUT2D eigenvalue weighted by molar-refractivity contribution is 7.98. The molecular weight excluding hydrogens is 440 g/mol. The normalized spacial score (nSPS) is 11.0. The summed E-state index contributed by atoms with van der Waals surface area (Å²) in [6.07, 6.45) is 2.16. The molecule has 0 aliphatic heterocycles. The Kier molecular flexibility index (Phi) is 7.34. The van der Waals surface area contributed by atoms with Crippen LogP contribution in [0, 0.1) is 0 Å². The Labute approximate surface area is 194 Å². The molecule has 0 saturated carbocycles. The number of nitrogens with one attached hydrogen (secondary N) is 1. The summed E-state index contributed by atoms with van der Waals surface area (Å²) < 4.78 is 1.77. The first-order valence-corrected chi connectivity index (χ1v) is 12.4. The van der Waals surface area contributed by atoms with Crippen LogP contribution in [0.2, 0.25) is 0 Å². The molecule has 0 spiro atoms. The summed E-state index contributed by atoms with van der Waals surface area (Å²) >= 11 is 2.98. The van der Waals surface area contributed by atoms with Gasteiger partial charge in [0.05, 0.1) is 23.0 Å². The lowest BCUT2D eigenvalue weighted by Gasteiger charge is -2.12. The van der Waals surface area contributed by atoms with Crippen LogP contribution >= 0.6 is 23.1 Å². The number of rotatable bonds is 9. The van der Waals surface area contributed by atoms with E-state index in [0.29, 0.717) is 28.4 Å². The van der Waals surface area contributed by atoms with Crippen LogP contribution in [0.25, 0.3) is 10.9 Å². The number of thiazole rings is 1. The fourth-order valence-corrected chi connectivity index (χ4v) is 5.09. The third-order valence-corrected chi connectivity index (χ3v) is 6.79. The standard InChI is InChI=1S/C24H24N4O2S2/c1-2-3-13-28-23(30)19-11-7-8-12-20(19)27-24(28)32-16-18-15-31-22(26-18)14-21(29)25-17-9-5-4-6-10-17/h4-12,15H,2-3,13-14,16H2,1H3,(H,25,29). The zero-order valence-corrected chi connectivity index (χ0v) is 19.4. The molecule has 0 unspecified atom stereocenters. The maximum Gasteiger partial charge on any atom is 0.262 e. The van der Waals surface area contributed by atoms with Gasteiger partial charge in [0.1, 0.15) is 5.01 Å². The van der Waals surface area contributed by atoms with Crippen molar-refractivity contribution in [1.29, 1.82) is 0 Å². The predicted octanol–water partition coefficient (Wildman–Crippen LogP) is 5.13. The molecule has 4 aromatic rings. The highest BCUT2D eigenvalue weighted by Crippen LogP contribution is 2.24. The Hall–Kier alpha value is -2.97. The second kappa shape index (κ2) is 10.6. The van der Waals surface area contributed by atoms with Gasteiger partial charge in [0.15, 0.2) is 5.16 Å². The van der Waals surface area contributed by atoms with Crippen LogP contribution < -0.4 is 10.9 Å². The molecule has 0 saturated heterocycles. The van der Waals surface area contributed by atoms with E-state index < -0.39 is 0 Å². The van der Waals surface area contributed by atoms with Gasteiger partial charge in [0.25, 0.3) is 5.56 Å². The van der Waals surface area contributed by atoms with Crippen molar-refractivity contribution in [2.45, 2.75) is 43.6 Å². The SMILES string of the molecule is CCCCn1c(SCc2csc(CC(=O)Nc3ccccc3)n2)nc2ccccc2c1=O. The molecule has 0 atom stereocenters. The van der Waals surface area contributed by atoms with Crippen molar-refractivity contribution in [2.75, 3.05) is 5.32 Å². The van der Waals surface area contributed by atoms with Crippen molar-refractivity contribution in [3.63, 3.8) is 0 Å². The number of hydrogen-bond donors (Lipinski definition) is 1. The van der Waals surface area contributed by atoms with Gasteiger partial charge in [-0.3, -0.25) is 14.2 Å². The fourth-order valence-electron chi connectivity index (χ4n) is 3.27. The molecule has 0 bridgehead atoms. The lowest BCUT2D eigenvalue weighted by molar-refractivity contribution is -0.115. The summed E-state index contributed by atoms with van der Waals surface area (Å²) in [6, 6.07) is 16.9. The molecule has 0 radical (unpaired) electrons. The molecule has 2 aromatic carbocycles. The predicted molar refractivity (Wildman–Crippen MR) is 131 cm³/mol. The van der Waals surface area contributed by atoms with Crippen LogP contribution in [-0.4, -0.2) is 20.4 Å². The van der Waals surface area contributed by atoms with Crippen molar-refractivity contribution in [2.24, 2.45) is 0 Å². The Morgan fingerprint density at radius 1 is 1.09 bits per heavy atom. The summed E-state index contributed by atoms with van der Waals surface area (Å²) in [4.78, 5) is 34.6. The van der Waals surface area contributed by atoms with Gasteiger partial charge in [-0.05, 0) is 30.7 Å². The summed E-state index contributed by atoms with van der Waals surface area (Å²) in [7, 11) is 0. The van der Waals surface area contributed by atoms with Crippen LogP contribution in [0.3, 0.4) is 0 Å². The Balaban J connectivity index is 1.45. The second-order valence-corrected chi connectivity index (χ2v) is 9.22. The van der Waals surface area contributed by atoms with Gasteiger partial charge < -0.3 is 5.32 Å². The highest BCUT2D eigenvalue weighted by Gasteiger charge is 2.13. The van der Waals surface area contributed by atoms with E-state index in [2.05, 4.69) is 17.2 Å². The molecule has 2 aromatic heterocycles. The Bertz CT molecular complexity index is 1270. The van der Waals surface area contributed by atoms with E-state index >= 15 is 0 Å². The van der Waals surface area contributed by atoms with Gasteiger partial charge >= 0.3 is 0 Å². The van der Waals surface area contributed by atoms with Gasteiger partial charge in [-0.1, -0.05) is 55.4 Å². The molecule has 0 aliphatic carbocycles. The molecule has 8 heteroatoms. The van der Waals surface area contributed by atoms with Crippen LogP contribution in [0.5, 0.6) is 0 Å². The van der Waals surface area contributed by atoms with E-state index in [9.17, 15) is 9.59 Å². The molecule has 0 fully saturated rings. The maximum atomic E-state index is 13.0. The largest absolute Gasteiger partial charge is 0.326 e. The van der Waals surface area contributed by atoms with E-state index in [4.69, 9.17) is 4.98 Å². The number of unbranched alkanes of at least 4 members (excludes halogenated alkanes) is 1. The summed E-state index contributed by atoms with van der Waals surface area (Å²) in [5, 5.41) is 6.97. The first-order chi connectivity index (χ1) is 15.6. The molecule has 0 aliphatic rings. The van der Waals surface area contributed by atoms with Crippen LogP contribution in [0.15, 0.2) is 69.9 Å². The van der Waals surface area contributed by atoms with Gasteiger partial charge in [-0.2, -0.15) is 0 Å². The topological polar surface area (TPSA) is 76.9 Å². The lowest BCUT2D eigenvalue weighted by Crippen LogP contribution is -2.23. The average molecular weight is 465 g/mol. The molecule has 1 N–H and O–H groups in total. The number of carbonyl (C=O) groups is 1. The van der Waals surface area contributed by atoms with Crippen LogP contribution in [0.4, 0.5) is 5.69 Å². The molecule has 6 nitrogen and oxygen atoms in total. The smallest absolute Gasteiger partial charge is 0.262 e. The number of thioether (sulfide) groups is 1. The first kappa shape index (κ1) is 22.2. The van der Waals surface area contributed by atoms with Crippen LogP contribution in [0.1, 0.15) is 30.5 Å². The third kappa shape index (κ3) is 5.44. The number of aromatic nitrogens is 3. The minimum atomic E-state index is -0.0886. The lowest BCUT2D eigenvalue weighted by atomic mass is 10.2. The molecule has 2 heterocycles. The van der Waals surface area contributed by atoms with Crippen molar-refractivity contribution < 1.29 is 4.79 Å². The number of fused-ring (bicyclic) bond motifs is 1. The Morgan fingerprint density at radius 3 is 2.69 bits per heavy atom. The van der Waals surface area contributed by atoms with E-state index in [-0.39, 0.29) is 17.9 Å². The van der Waals surface area contributed by atoms with Gasteiger partial charge in [-0.25, -0.2) is 9.97 Å². The van der Waals surface area contributed by atoms with Crippen LogP contribution in [-0.2, 0) is 23.5 Å². The second-order valence-electron chi connectivity index (χ2n) is 7.33. The van der Waals surface area contributed by atoms with Gasteiger partial charge in [0, 0.05) is 23.4 Å². The number of para-hydroxylation sites is 2. The highest BCUT2D eigenvalue weighted by atomic mass is 32.2. The fraction of sp³-hybridized carbons (Fsp3) is 0.250. The number of nitrogens with zero attached hydrogens (tertiary/aromatic N) is 3. The molecule has 4 rings (SSSR count). The molecule has 164 valence electrons. The number of anilines is 1. The monoisotopic (exact) mass is 464 g/mol. The van der Waals surface area contributed by atoms with E-state index in [1.807, 2.05) is 60.0 Å². The number of benzene rings is 2. The third-order valence-electron chi connectivity index (χ3n) is 4.88. The number of carbonyl (C=O) groups excluding carboxylic acids is 1. The van der Waals surface area contributed by atoms with Crippen molar-refractivity contribution in [3.8, 4) is 0 Å². The zero-order chi connectivity index (χ0) is 22.3. The molecule has 1 amide bonds. The van der Waals surface area contributed by atoms with Gasteiger partial charge in [-0.15, -0.1) is 11.3 Å². The first-order valence-electron chi connectivity index (χ1n) is 10.5. The summed E-state index contributed by atoms with van der Waals surface area (Å²) in [5.74, 6) is 0.502. The van der Waals surface area contributed by atoms with E-state index in [1.54, 1.807) is 4.57 Å². The maximum absolute atomic E-state index is 13.0. The molecular formula is C24H24N4O2S2. The number of hydrogen-bond acceptors (Lipinski definition) is 6. The minimum Gasteiger partial charge on any atom is -0.326 e. The summed E-state index contributed by atoms with van der Waals surface area (Å²) in [6.45, 7) is 2.76. The number of amides is 1. The van der Waals surface area contributed by atoms with Gasteiger partial charge in [0.2, 0.25) is 5.91 Å². The summed E-state index contributed by atoms with van der Waals surface area (Å²) in [5.41, 5.74) is 2.37. The van der Waals surface area contributed by atoms with Crippen molar-refractivity contribution in [3.05, 3.63) is 81.0 Å². The van der Waals surface area contributed by atoms with Crippen molar-refractivity contribution in [1.82, 2.24) is 14.5 Å². The molecule has 32 heavy (non-hydrogen) atoms.